The molecule has 3 nitrogen and oxygen atoms in total. The molecule has 0 saturated heterocycles. The molecule has 1 aromatic carbocycles. The first-order valence-electron chi connectivity index (χ1n) is 12.8. The van der Waals surface area contributed by atoms with Gasteiger partial charge in [-0.15, -0.1) is 0 Å². The number of hydrogen-bond donors (Lipinski definition) is 0. The molecule has 0 amide bonds. The molecule has 1 aromatic heterocycles. The van der Waals surface area contributed by atoms with Crippen molar-refractivity contribution >= 4 is 0 Å². The van der Waals surface area contributed by atoms with Crippen molar-refractivity contribution in [2.24, 2.45) is 5.92 Å². The van der Waals surface area contributed by atoms with Crippen LogP contribution in [0.3, 0.4) is 0 Å². The lowest BCUT2D eigenvalue weighted by atomic mass is 9.98. The fraction of sp³-hybridized carbons (Fsp3) is 0.643. The monoisotopic (exact) mass is 442 g/mol. The standard InChI is InChI=1S/C28H43FN2O/c1-4-6-8-9-10-11-13-24-15-17-25(18-16-24)28-30-20-27(21-31-28)32-22-26(29)19-14-23(3)12-7-5-2/h15-18,20-21,23,26H,4-14,19,22H2,1-3H3. The van der Waals surface area contributed by atoms with Gasteiger partial charge in [0.15, 0.2) is 11.6 Å². The number of hydrogen-bond acceptors (Lipinski definition) is 3. The summed E-state index contributed by atoms with van der Waals surface area (Å²) in [7, 11) is 0. The fourth-order valence-electron chi connectivity index (χ4n) is 3.90. The Hall–Kier alpha value is -1.97. The van der Waals surface area contributed by atoms with Gasteiger partial charge in [0.1, 0.15) is 12.8 Å². The van der Waals surface area contributed by atoms with Crippen LogP contribution in [0.2, 0.25) is 0 Å². The molecule has 32 heavy (non-hydrogen) atoms. The quantitative estimate of drug-likeness (QED) is 0.231. The van der Waals surface area contributed by atoms with Crippen LogP contribution < -0.4 is 4.74 Å². The van der Waals surface area contributed by atoms with Crippen molar-refractivity contribution in [2.45, 2.75) is 104 Å². The van der Waals surface area contributed by atoms with Crippen molar-refractivity contribution in [3.8, 4) is 17.1 Å². The summed E-state index contributed by atoms with van der Waals surface area (Å²) in [6, 6.07) is 8.51. The lowest BCUT2D eigenvalue weighted by Crippen LogP contribution is -2.14. The molecule has 0 saturated carbocycles. The zero-order valence-electron chi connectivity index (χ0n) is 20.5. The first kappa shape index (κ1) is 26.3. The lowest BCUT2D eigenvalue weighted by Gasteiger charge is -2.14. The molecule has 178 valence electrons. The van der Waals surface area contributed by atoms with E-state index in [1.807, 2.05) is 0 Å². The maximum atomic E-state index is 14.2. The highest BCUT2D eigenvalue weighted by molar-refractivity contribution is 5.55. The van der Waals surface area contributed by atoms with Crippen molar-refractivity contribution in [1.29, 1.82) is 0 Å². The Bertz CT molecular complexity index is 717. The summed E-state index contributed by atoms with van der Waals surface area (Å²) in [5.41, 5.74) is 2.36. The number of benzene rings is 1. The highest BCUT2D eigenvalue weighted by Gasteiger charge is 2.11. The Labute approximate surface area is 195 Å². The summed E-state index contributed by atoms with van der Waals surface area (Å²) < 4.78 is 19.7. The van der Waals surface area contributed by atoms with Crippen LogP contribution in [0.25, 0.3) is 11.4 Å². The van der Waals surface area contributed by atoms with E-state index in [4.69, 9.17) is 4.74 Å². The number of halogens is 1. The third kappa shape index (κ3) is 10.6. The highest BCUT2D eigenvalue weighted by atomic mass is 19.1. The molecule has 4 heteroatoms. The van der Waals surface area contributed by atoms with Gasteiger partial charge in [-0.2, -0.15) is 0 Å². The van der Waals surface area contributed by atoms with Crippen LogP contribution >= 0.6 is 0 Å². The van der Waals surface area contributed by atoms with E-state index >= 15 is 0 Å². The van der Waals surface area contributed by atoms with E-state index in [1.54, 1.807) is 12.4 Å². The van der Waals surface area contributed by atoms with Gasteiger partial charge in [-0.25, -0.2) is 14.4 Å². The predicted octanol–water partition coefficient (Wildman–Crippen LogP) is 8.37. The van der Waals surface area contributed by atoms with E-state index in [-0.39, 0.29) is 6.61 Å². The first-order valence-corrected chi connectivity index (χ1v) is 12.8. The Morgan fingerprint density at radius 3 is 2.16 bits per heavy atom. The number of ether oxygens (including phenoxy) is 1. The van der Waals surface area contributed by atoms with Gasteiger partial charge >= 0.3 is 0 Å². The molecular formula is C28H43FN2O. The summed E-state index contributed by atoms with van der Waals surface area (Å²) in [4.78, 5) is 8.82. The maximum Gasteiger partial charge on any atom is 0.159 e. The molecular weight excluding hydrogens is 399 g/mol. The van der Waals surface area contributed by atoms with Crippen LogP contribution in [0.4, 0.5) is 4.39 Å². The van der Waals surface area contributed by atoms with Gasteiger partial charge in [-0.1, -0.05) is 96.4 Å². The summed E-state index contributed by atoms with van der Waals surface area (Å²) in [6.45, 7) is 6.72. The minimum Gasteiger partial charge on any atom is -0.487 e. The van der Waals surface area contributed by atoms with E-state index in [9.17, 15) is 4.39 Å². The van der Waals surface area contributed by atoms with Gasteiger partial charge in [-0.3, -0.25) is 0 Å². The zero-order chi connectivity index (χ0) is 23.0. The number of aromatic nitrogens is 2. The average Bonchev–Trinajstić information content (AvgIpc) is 2.83. The van der Waals surface area contributed by atoms with Crippen molar-refractivity contribution in [3.63, 3.8) is 0 Å². The molecule has 0 spiro atoms. The molecule has 1 heterocycles. The normalized spacial score (nSPS) is 13.1. The largest absolute Gasteiger partial charge is 0.487 e. The molecule has 0 aliphatic rings. The van der Waals surface area contributed by atoms with E-state index < -0.39 is 6.17 Å². The van der Waals surface area contributed by atoms with E-state index in [0.717, 1.165) is 18.4 Å². The predicted molar refractivity (Wildman–Crippen MR) is 133 cm³/mol. The third-order valence-electron chi connectivity index (χ3n) is 6.11. The van der Waals surface area contributed by atoms with Crippen molar-refractivity contribution in [3.05, 3.63) is 42.2 Å². The van der Waals surface area contributed by atoms with Crippen molar-refractivity contribution in [2.75, 3.05) is 6.61 Å². The Balaban J connectivity index is 1.71. The molecule has 2 rings (SSSR count). The zero-order valence-corrected chi connectivity index (χ0v) is 20.5. The van der Waals surface area contributed by atoms with Crippen molar-refractivity contribution < 1.29 is 9.13 Å². The maximum absolute atomic E-state index is 14.2. The van der Waals surface area contributed by atoms with Crippen LogP contribution in [-0.4, -0.2) is 22.7 Å². The molecule has 0 aliphatic carbocycles. The van der Waals surface area contributed by atoms with E-state index in [2.05, 4.69) is 55.0 Å². The number of alkyl halides is 1. The second kappa shape index (κ2) is 15.8. The molecule has 0 radical (unpaired) electrons. The number of nitrogens with zero attached hydrogens (tertiary/aromatic N) is 2. The van der Waals surface area contributed by atoms with Crippen LogP contribution in [-0.2, 0) is 6.42 Å². The topological polar surface area (TPSA) is 35.0 Å². The smallest absolute Gasteiger partial charge is 0.159 e. The average molecular weight is 443 g/mol. The Morgan fingerprint density at radius 1 is 0.812 bits per heavy atom. The van der Waals surface area contributed by atoms with Crippen LogP contribution in [0.1, 0.15) is 97.0 Å². The SMILES string of the molecule is CCCCCCCCc1ccc(-c2ncc(OCC(F)CCC(C)CCCC)cn2)cc1. The summed E-state index contributed by atoms with van der Waals surface area (Å²) >= 11 is 0. The Morgan fingerprint density at radius 2 is 1.47 bits per heavy atom. The molecule has 2 unspecified atom stereocenters. The van der Waals surface area contributed by atoms with Gasteiger partial charge < -0.3 is 4.74 Å². The van der Waals surface area contributed by atoms with Crippen LogP contribution in [0.15, 0.2) is 36.7 Å². The first-order chi connectivity index (χ1) is 15.6. The second-order valence-electron chi connectivity index (χ2n) is 9.19. The fourth-order valence-corrected chi connectivity index (χ4v) is 3.90. The molecule has 0 N–H and O–H groups in total. The van der Waals surface area contributed by atoms with E-state index in [0.29, 0.717) is 23.9 Å². The lowest BCUT2D eigenvalue weighted by molar-refractivity contribution is 0.177. The van der Waals surface area contributed by atoms with Gasteiger partial charge in [-0.05, 0) is 37.2 Å². The number of unbranched alkanes of at least 4 members (excludes halogenated alkanes) is 6. The molecule has 2 aromatic rings. The molecule has 0 aliphatic heterocycles. The molecule has 2 atom stereocenters. The Kier molecular flexibility index (Phi) is 13.0. The minimum atomic E-state index is -0.946. The highest BCUT2D eigenvalue weighted by Crippen LogP contribution is 2.20. The summed E-state index contributed by atoms with van der Waals surface area (Å²) in [5.74, 6) is 1.77. The van der Waals surface area contributed by atoms with Gasteiger partial charge in [0.05, 0.1) is 12.4 Å². The molecule has 0 fully saturated rings. The van der Waals surface area contributed by atoms with Crippen LogP contribution in [0, 0.1) is 5.92 Å². The van der Waals surface area contributed by atoms with Crippen molar-refractivity contribution in [1.82, 2.24) is 9.97 Å². The van der Waals surface area contributed by atoms with E-state index in [1.165, 1.54) is 63.4 Å². The number of rotatable bonds is 17. The van der Waals surface area contributed by atoms with Gasteiger partial charge in [0.25, 0.3) is 0 Å². The number of aryl methyl sites for hydroxylation is 1. The van der Waals surface area contributed by atoms with Gasteiger partial charge in [0.2, 0.25) is 0 Å². The summed E-state index contributed by atoms with van der Waals surface area (Å²) in [5, 5.41) is 0. The third-order valence-corrected chi connectivity index (χ3v) is 6.11. The van der Waals surface area contributed by atoms with Gasteiger partial charge in [0, 0.05) is 5.56 Å². The summed E-state index contributed by atoms with van der Waals surface area (Å²) in [6.07, 6.45) is 16.4. The second-order valence-corrected chi connectivity index (χ2v) is 9.19. The molecule has 0 bridgehead atoms. The van der Waals surface area contributed by atoms with Crippen LogP contribution in [0.5, 0.6) is 5.75 Å². The minimum absolute atomic E-state index is 0.0658.